The third kappa shape index (κ3) is 3.89. The van der Waals surface area contributed by atoms with E-state index in [2.05, 4.69) is 13.8 Å². The molecule has 0 amide bonds. The summed E-state index contributed by atoms with van der Waals surface area (Å²) in [5.41, 5.74) is 1.70. The Hall–Kier alpha value is -1.57. The highest BCUT2D eigenvalue weighted by molar-refractivity contribution is 6.04. The number of carbonyl (C=O) groups is 1. The molecular formula is C14H18O2. The van der Waals surface area contributed by atoms with Crippen LogP contribution in [0.3, 0.4) is 0 Å². The van der Waals surface area contributed by atoms with Crippen molar-refractivity contribution in [1.82, 2.24) is 0 Å². The first-order valence-corrected chi connectivity index (χ1v) is 5.49. The van der Waals surface area contributed by atoms with E-state index in [0.717, 1.165) is 12.0 Å². The lowest BCUT2D eigenvalue weighted by Gasteiger charge is -2.04. The maximum Gasteiger partial charge on any atom is 0.185 e. The van der Waals surface area contributed by atoms with Crippen LogP contribution >= 0.6 is 0 Å². The molecule has 1 aromatic carbocycles. The van der Waals surface area contributed by atoms with Crippen molar-refractivity contribution in [2.45, 2.75) is 27.2 Å². The third-order valence-electron chi connectivity index (χ3n) is 2.26. The van der Waals surface area contributed by atoms with Gasteiger partial charge in [0.25, 0.3) is 0 Å². The number of allylic oxidation sites excluding steroid dienone is 2. The minimum atomic E-state index is -0.00171. The Morgan fingerprint density at radius 1 is 1.31 bits per heavy atom. The fourth-order valence-electron chi connectivity index (χ4n) is 1.64. The highest BCUT2D eigenvalue weighted by Crippen LogP contribution is 2.14. The van der Waals surface area contributed by atoms with E-state index in [1.54, 1.807) is 18.2 Å². The van der Waals surface area contributed by atoms with Crippen molar-refractivity contribution >= 4 is 5.78 Å². The molecule has 0 aliphatic rings. The van der Waals surface area contributed by atoms with E-state index >= 15 is 0 Å². The van der Waals surface area contributed by atoms with E-state index < -0.39 is 0 Å². The fraction of sp³-hybridized carbons (Fsp3) is 0.357. The Kier molecular flexibility index (Phi) is 4.29. The molecule has 1 N–H and O–H groups in total. The van der Waals surface area contributed by atoms with Crippen molar-refractivity contribution in [1.29, 1.82) is 0 Å². The van der Waals surface area contributed by atoms with Gasteiger partial charge in [0, 0.05) is 5.56 Å². The summed E-state index contributed by atoms with van der Waals surface area (Å²) in [6.07, 6.45) is 2.61. The van der Waals surface area contributed by atoms with Gasteiger partial charge < -0.3 is 5.11 Å². The first-order chi connectivity index (χ1) is 7.49. The molecule has 16 heavy (non-hydrogen) atoms. The second-order valence-corrected chi connectivity index (χ2v) is 4.50. The van der Waals surface area contributed by atoms with Gasteiger partial charge in [-0.15, -0.1) is 0 Å². The predicted molar refractivity (Wildman–Crippen MR) is 65.6 cm³/mol. The monoisotopic (exact) mass is 218 g/mol. The maximum absolute atomic E-state index is 11.8. The Balaban J connectivity index is 2.75. The number of ketones is 1. The zero-order valence-electron chi connectivity index (χ0n) is 10.0. The Morgan fingerprint density at radius 2 is 1.88 bits per heavy atom. The van der Waals surface area contributed by atoms with Gasteiger partial charge in [-0.2, -0.15) is 0 Å². The van der Waals surface area contributed by atoms with Gasteiger partial charge in [0.05, 0.1) is 0 Å². The number of aromatic hydroxyl groups is 1. The quantitative estimate of drug-likeness (QED) is 0.619. The van der Waals surface area contributed by atoms with E-state index in [1.807, 2.05) is 6.92 Å². The fourth-order valence-corrected chi connectivity index (χ4v) is 1.64. The molecule has 0 fully saturated rings. The third-order valence-corrected chi connectivity index (χ3v) is 2.26. The minimum Gasteiger partial charge on any atom is -0.508 e. The molecule has 0 radical (unpaired) electrons. The number of rotatable bonds is 4. The summed E-state index contributed by atoms with van der Waals surface area (Å²) in [7, 11) is 0. The van der Waals surface area contributed by atoms with Gasteiger partial charge >= 0.3 is 0 Å². The molecule has 1 rings (SSSR count). The van der Waals surface area contributed by atoms with Crippen LogP contribution in [0.15, 0.2) is 35.9 Å². The molecule has 2 nitrogen and oxygen atoms in total. The van der Waals surface area contributed by atoms with E-state index in [0.29, 0.717) is 11.5 Å². The molecule has 0 saturated carbocycles. The van der Waals surface area contributed by atoms with Crippen LogP contribution in [-0.2, 0) is 0 Å². The molecule has 86 valence electrons. The predicted octanol–water partition coefficient (Wildman–Crippen LogP) is 3.57. The molecule has 0 aliphatic heterocycles. The summed E-state index contributed by atoms with van der Waals surface area (Å²) in [6.45, 7) is 6.23. The summed E-state index contributed by atoms with van der Waals surface area (Å²) in [4.78, 5) is 11.8. The molecular weight excluding hydrogens is 200 g/mol. The lowest BCUT2D eigenvalue weighted by molar-refractivity contribution is 0.104. The number of carbonyl (C=O) groups excluding carboxylic acids is 1. The minimum absolute atomic E-state index is 0.00171. The number of phenols is 1. The van der Waals surface area contributed by atoms with E-state index in [9.17, 15) is 4.79 Å². The van der Waals surface area contributed by atoms with Crippen LogP contribution in [0.5, 0.6) is 5.75 Å². The van der Waals surface area contributed by atoms with Crippen LogP contribution in [-0.4, -0.2) is 10.9 Å². The Morgan fingerprint density at radius 3 is 2.38 bits per heavy atom. The van der Waals surface area contributed by atoms with Crippen molar-refractivity contribution in [2.75, 3.05) is 0 Å². The highest BCUT2D eigenvalue weighted by Gasteiger charge is 2.04. The lowest BCUT2D eigenvalue weighted by Crippen LogP contribution is -1.97. The molecule has 0 spiro atoms. The smallest absolute Gasteiger partial charge is 0.185 e. The Labute approximate surface area is 96.6 Å². The van der Waals surface area contributed by atoms with Gasteiger partial charge in [-0.05, 0) is 49.6 Å². The number of hydrogen-bond donors (Lipinski definition) is 1. The average Bonchev–Trinajstić information content (AvgIpc) is 2.16. The average molecular weight is 218 g/mol. The van der Waals surface area contributed by atoms with Gasteiger partial charge in [-0.25, -0.2) is 0 Å². The van der Waals surface area contributed by atoms with Crippen LogP contribution in [0.25, 0.3) is 0 Å². The zero-order valence-corrected chi connectivity index (χ0v) is 10.0. The molecule has 0 atom stereocenters. The van der Waals surface area contributed by atoms with Crippen LogP contribution in [0, 0.1) is 5.92 Å². The van der Waals surface area contributed by atoms with Gasteiger partial charge in [0.2, 0.25) is 0 Å². The molecule has 0 heterocycles. The molecule has 0 aromatic heterocycles. The molecule has 0 bridgehead atoms. The summed E-state index contributed by atoms with van der Waals surface area (Å²) in [5, 5.41) is 9.11. The number of hydrogen-bond acceptors (Lipinski definition) is 2. The largest absolute Gasteiger partial charge is 0.508 e. The van der Waals surface area contributed by atoms with Crippen LogP contribution < -0.4 is 0 Å². The summed E-state index contributed by atoms with van der Waals surface area (Å²) < 4.78 is 0. The number of phenolic OH excluding ortho intramolecular Hbond substituents is 1. The molecule has 0 aliphatic carbocycles. The second-order valence-electron chi connectivity index (χ2n) is 4.50. The molecule has 0 saturated heterocycles. The highest BCUT2D eigenvalue weighted by atomic mass is 16.3. The zero-order chi connectivity index (χ0) is 12.1. The SMILES string of the molecule is CC(=CC(=O)c1ccc(O)cc1)CC(C)C. The van der Waals surface area contributed by atoms with Crippen LogP contribution in [0.4, 0.5) is 0 Å². The van der Waals surface area contributed by atoms with E-state index in [1.165, 1.54) is 12.1 Å². The van der Waals surface area contributed by atoms with Gasteiger partial charge in [0.15, 0.2) is 5.78 Å². The van der Waals surface area contributed by atoms with Gasteiger partial charge in [0.1, 0.15) is 5.75 Å². The summed E-state index contributed by atoms with van der Waals surface area (Å²) in [6, 6.07) is 6.32. The van der Waals surface area contributed by atoms with Crippen molar-refractivity contribution < 1.29 is 9.90 Å². The summed E-state index contributed by atoms with van der Waals surface area (Å²) in [5.74, 6) is 0.737. The van der Waals surface area contributed by atoms with Crippen molar-refractivity contribution in [2.24, 2.45) is 5.92 Å². The number of benzene rings is 1. The molecule has 1 aromatic rings. The normalized spacial score (nSPS) is 11.9. The first kappa shape index (κ1) is 12.5. The lowest BCUT2D eigenvalue weighted by atomic mass is 10.0. The molecule has 0 unspecified atom stereocenters. The van der Waals surface area contributed by atoms with Crippen LogP contribution in [0.2, 0.25) is 0 Å². The van der Waals surface area contributed by atoms with Gasteiger partial charge in [-0.3, -0.25) is 4.79 Å². The summed E-state index contributed by atoms with van der Waals surface area (Å²) >= 11 is 0. The van der Waals surface area contributed by atoms with Crippen LogP contribution in [0.1, 0.15) is 37.6 Å². The topological polar surface area (TPSA) is 37.3 Å². The van der Waals surface area contributed by atoms with E-state index in [4.69, 9.17) is 5.11 Å². The van der Waals surface area contributed by atoms with Crippen molar-refractivity contribution in [3.8, 4) is 5.75 Å². The maximum atomic E-state index is 11.8. The van der Waals surface area contributed by atoms with Crippen molar-refractivity contribution in [3.63, 3.8) is 0 Å². The first-order valence-electron chi connectivity index (χ1n) is 5.49. The Bertz CT molecular complexity index is 386. The standard InChI is InChI=1S/C14H18O2/c1-10(2)8-11(3)9-14(16)12-4-6-13(15)7-5-12/h4-7,9-10,15H,8H2,1-3H3. The van der Waals surface area contributed by atoms with Gasteiger partial charge in [-0.1, -0.05) is 19.4 Å². The van der Waals surface area contributed by atoms with Crippen molar-refractivity contribution in [3.05, 3.63) is 41.5 Å². The second kappa shape index (κ2) is 5.50. The van der Waals surface area contributed by atoms with E-state index in [-0.39, 0.29) is 11.5 Å². The molecule has 2 heteroatoms.